The van der Waals surface area contributed by atoms with Crippen LogP contribution in [0.15, 0.2) is 17.6 Å². The summed E-state index contributed by atoms with van der Waals surface area (Å²) >= 11 is 7.92. The summed E-state index contributed by atoms with van der Waals surface area (Å²) < 4.78 is 1.92. The van der Waals surface area contributed by atoms with Crippen molar-refractivity contribution in [1.29, 1.82) is 0 Å². The van der Waals surface area contributed by atoms with Crippen LogP contribution in [0.2, 0.25) is 5.02 Å². The van der Waals surface area contributed by atoms with Gasteiger partial charge >= 0.3 is 0 Å². The maximum absolute atomic E-state index is 6.25. The third-order valence-electron chi connectivity index (χ3n) is 2.87. The van der Waals surface area contributed by atoms with Crippen molar-refractivity contribution in [3.8, 4) is 0 Å². The van der Waals surface area contributed by atoms with Gasteiger partial charge in [-0.1, -0.05) is 18.5 Å². The molecule has 6 heteroatoms. The minimum Gasteiger partial charge on any atom is -0.270 e. The topological polar surface area (TPSA) is 55.9 Å². The van der Waals surface area contributed by atoms with Crippen LogP contribution in [0.3, 0.4) is 0 Å². The molecule has 18 heavy (non-hydrogen) atoms. The van der Waals surface area contributed by atoms with Crippen molar-refractivity contribution in [2.45, 2.75) is 32.9 Å². The van der Waals surface area contributed by atoms with Gasteiger partial charge in [0, 0.05) is 11.4 Å². The third kappa shape index (κ3) is 2.44. The van der Waals surface area contributed by atoms with Crippen LogP contribution in [-0.4, -0.2) is 9.78 Å². The highest BCUT2D eigenvalue weighted by molar-refractivity contribution is 7.10. The van der Waals surface area contributed by atoms with Crippen molar-refractivity contribution in [3.05, 3.63) is 38.8 Å². The minimum atomic E-state index is -0.105. The molecule has 2 heterocycles. The fraction of sp³-hybridized carbons (Fsp3) is 0.417. The molecule has 2 aromatic rings. The van der Waals surface area contributed by atoms with Crippen molar-refractivity contribution in [3.63, 3.8) is 0 Å². The van der Waals surface area contributed by atoms with Gasteiger partial charge in [-0.2, -0.15) is 5.10 Å². The van der Waals surface area contributed by atoms with Crippen molar-refractivity contribution in [2.24, 2.45) is 5.84 Å². The highest BCUT2D eigenvalue weighted by Crippen LogP contribution is 2.32. The van der Waals surface area contributed by atoms with E-state index in [2.05, 4.69) is 35.8 Å². The first-order chi connectivity index (χ1) is 8.69. The van der Waals surface area contributed by atoms with Crippen LogP contribution in [0.5, 0.6) is 0 Å². The average Bonchev–Trinajstić information content (AvgIpc) is 2.91. The normalized spacial score (nSPS) is 12.9. The lowest BCUT2D eigenvalue weighted by Gasteiger charge is -2.18. The minimum absolute atomic E-state index is 0.105. The molecular formula is C12H17ClN4S. The van der Waals surface area contributed by atoms with Crippen LogP contribution in [-0.2, 0) is 6.54 Å². The van der Waals surface area contributed by atoms with E-state index in [0.29, 0.717) is 5.02 Å². The Hall–Kier alpha value is -0.880. The Balaban J connectivity index is 2.45. The predicted octanol–water partition coefficient (Wildman–Crippen LogP) is 2.87. The Morgan fingerprint density at radius 3 is 2.94 bits per heavy atom. The van der Waals surface area contributed by atoms with Gasteiger partial charge in [-0.05, 0) is 30.4 Å². The molecule has 0 radical (unpaired) electrons. The molecule has 0 aliphatic heterocycles. The third-order valence-corrected chi connectivity index (χ3v) is 4.25. The molecule has 3 N–H and O–H groups in total. The molecule has 0 saturated carbocycles. The molecule has 2 aromatic heterocycles. The van der Waals surface area contributed by atoms with E-state index in [0.717, 1.165) is 18.7 Å². The van der Waals surface area contributed by atoms with Gasteiger partial charge in [0.05, 0.1) is 23.0 Å². The van der Waals surface area contributed by atoms with Crippen molar-refractivity contribution in [1.82, 2.24) is 15.2 Å². The van der Waals surface area contributed by atoms with E-state index in [1.54, 1.807) is 17.5 Å². The van der Waals surface area contributed by atoms with E-state index in [1.165, 1.54) is 10.4 Å². The lowest BCUT2D eigenvalue weighted by Crippen LogP contribution is -2.30. The van der Waals surface area contributed by atoms with Crippen LogP contribution in [0.25, 0.3) is 0 Å². The molecule has 1 atom stereocenters. The standard InChI is InChI=1S/C12H17ClN4S/c1-3-5-17-11(9(13)7-15-17)10(16-14)12-8(2)4-6-18-12/h4,6-7,10,16H,3,5,14H2,1-2H3. The Labute approximate surface area is 116 Å². The van der Waals surface area contributed by atoms with Crippen LogP contribution in [0.4, 0.5) is 0 Å². The largest absolute Gasteiger partial charge is 0.270 e. The van der Waals surface area contributed by atoms with Crippen LogP contribution >= 0.6 is 22.9 Å². The number of hydrogen-bond donors (Lipinski definition) is 2. The van der Waals surface area contributed by atoms with Crippen LogP contribution in [0, 0.1) is 6.92 Å². The Morgan fingerprint density at radius 2 is 2.39 bits per heavy atom. The summed E-state index contributed by atoms with van der Waals surface area (Å²) in [6.07, 6.45) is 2.69. The molecule has 0 bridgehead atoms. The van der Waals surface area contributed by atoms with Crippen molar-refractivity contribution in [2.75, 3.05) is 0 Å². The van der Waals surface area contributed by atoms with Gasteiger partial charge in [-0.25, -0.2) is 5.43 Å². The zero-order chi connectivity index (χ0) is 13.1. The highest BCUT2D eigenvalue weighted by Gasteiger charge is 2.23. The molecule has 0 fully saturated rings. The number of nitrogens with zero attached hydrogens (tertiary/aromatic N) is 2. The van der Waals surface area contributed by atoms with E-state index in [9.17, 15) is 0 Å². The number of halogens is 1. The second kappa shape index (κ2) is 5.84. The zero-order valence-corrected chi connectivity index (χ0v) is 12.1. The lowest BCUT2D eigenvalue weighted by atomic mass is 10.1. The fourth-order valence-electron chi connectivity index (χ4n) is 2.01. The van der Waals surface area contributed by atoms with Gasteiger partial charge < -0.3 is 0 Å². The van der Waals surface area contributed by atoms with E-state index in [-0.39, 0.29) is 6.04 Å². The molecule has 0 saturated heterocycles. The SMILES string of the molecule is CCCn1ncc(Cl)c1C(NN)c1sccc1C. The van der Waals surface area contributed by atoms with Gasteiger partial charge in [0.15, 0.2) is 0 Å². The zero-order valence-electron chi connectivity index (χ0n) is 10.5. The Kier molecular flexibility index (Phi) is 4.40. The quantitative estimate of drug-likeness (QED) is 0.656. The number of nitrogens with two attached hydrogens (primary N) is 1. The maximum atomic E-state index is 6.25. The summed E-state index contributed by atoms with van der Waals surface area (Å²) in [5, 5.41) is 7.02. The van der Waals surface area contributed by atoms with Crippen LogP contribution < -0.4 is 11.3 Å². The summed E-state index contributed by atoms with van der Waals surface area (Å²) in [6.45, 7) is 5.02. The summed E-state index contributed by atoms with van der Waals surface area (Å²) in [6, 6.07) is 1.98. The van der Waals surface area contributed by atoms with Crippen molar-refractivity contribution >= 4 is 22.9 Å². The summed E-state index contributed by atoms with van der Waals surface area (Å²) in [7, 11) is 0. The summed E-state index contributed by atoms with van der Waals surface area (Å²) in [5.41, 5.74) is 5.00. The summed E-state index contributed by atoms with van der Waals surface area (Å²) in [4.78, 5) is 1.18. The fourth-order valence-corrected chi connectivity index (χ4v) is 3.25. The molecule has 2 rings (SSSR count). The van der Waals surface area contributed by atoms with E-state index in [1.807, 2.05) is 4.68 Å². The maximum Gasteiger partial charge on any atom is 0.0987 e. The number of hydrogen-bond acceptors (Lipinski definition) is 4. The molecule has 4 nitrogen and oxygen atoms in total. The molecular weight excluding hydrogens is 268 g/mol. The predicted molar refractivity (Wildman–Crippen MR) is 75.8 cm³/mol. The van der Waals surface area contributed by atoms with E-state index >= 15 is 0 Å². The number of aromatic nitrogens is 2. The lowest BCUT2D eigenvalue weighted by molar-refractivity contribution is 0.524. The Morgan fingerprint density at radius 1 is 1.61 bits per heavy atom. The monoisotopic (exact) mass is 284 g/mol. The van der Waals surface area contributed by atoms with Gasteiger partial charge in [-0.15, -0.1) is 11.3 Å². The number of nitrogens with one attached hydrogen (secondary N) is 1. The smallest absolute Gasteiger partial charge is 0.0987 e. The summed E-state index contributed by atoms with van der Waals surface area (Å²) in [5.74, 6) is 5.71. The second-order valence-electron chi connectivity index (χ2n) is 4.17. The van der Waals surface area contributed by atoms with E-state index in [4.69, 9.17) is 17.4 Å². The van der Waals surface area contributed by atoms with E-state index < -0.39 is 0 Å². The van der Waals surface area contributed by atoms with Gasteiger partial charge in [0.25, 0.3) is 0 Å². The van der Waals surface area contributed by atoms with Gasteiger partial charge in [0.1, 0.15) is 0 Å². The molecule has 0 aliphatic carbocycles. The number of thiophene rings is 1. The first-order valence-corrected chi connectivity index (χ1v) is 7.16. The molecule has 98 valence electrons. The molecule has 0 aliphatic rings. The molecule has 0 spiro atoms. The average molecular weight is 285 g/mol. The van der Waals surface area contributed by atoms with Crippen molar-refractivity contribution < 1.29 is 0 Å². The number of hydrazine groups is 1. The van der Waals surface area contributed by atoms with Gasteiger partial charge in [-0.3, -0.25) is 10.5 Å². The Bertz CT molecular complexity index is 520. The molecule has 0 aromatic carbocycles. The number of aryl methyl sites for hydroxylation is 2. The molecule has 0 amide bonds. The second-order valence-corrected chi connectivity index (χ2v) is 5.52. The molecule has 1 unspecified atom stereocenters. The van der Waals surface area contributed by atoms with Gasteiger partial charge in [0.2, 0.25) is 0 Å². The first-order valence-electron chi connectivity index (χ1n) is 5.90. The number of rotatable bonds is 5. The first kappa shape index (κ1) is 13.5. The highest BCUT2D eigenvalue weighted by atomic mass is 35.5. The van der Waals surface area contributed by atoms with Crippen LogP contribution in [0.1, 0.15) is 35.5 Å².